The van der Waals surface area contributed by atoms with E-state index in [0.29, 0.717) is 10.3 Å². The van der Waals surface area contributed by atoms with Crippen LogP contribution in [0.15, 0.2) is 42.6 Å². The number of nitrogens with zero attached hydrogens (tertiary/aromatic N) is 1. The summed E-state index contributed by atoms with van der Waals surface area (Å²) in [6.45, 7) is 3.65. The predicted octanol–water partition coefficient (Wildman–Crippen LogP) is 2.71. The van der Waals surface area contributed by atoms with E-state index in [0.717, 1.165) is 11.1 Å². The van der Waals surface area contributed by atoms with Gasteiger partial charge in [0.2, 0.25) is 10.3 Å². The van der Waals surface area contributed by atoms with Crippen LogP contribution in [-0.4, -0.2) is 13.1 Å². The molecule has 1 heterocycles. The molecule has 0 aliphatic rings. The van der Waals surface area contributed by atoms with Crippen molar-refractivity contribution in [3.8, 4) is 0 Å². The quantitative estimate of drug-likeness (QED) is 0.792. The molecule has 5 heteroatoms. The van der Waals surface area contributed by atoms with Gasteiger partial charge in [-0.15, -0.1) is 0 Å². The molecule has 0 bridgehead atoms. The maximum Gasteiger partial charge on any atom is 0.238 e. The molecule has 4 nitrogen and oxygen atoms in total. The fourth-order valence-electron chi connectivity index (χ4n) is 2.22. The molecule has 0 saturated carbocycles. The summed E-state index contributed by atoms with van der Waals surface area (Å²) in [5.74, 6) is 0.0321. The van der Waals surface area contributed by atoms with Crippen LogP contribution >= 0.6 is 0 Å². The number of hydrogen-bond donors (Lipinski definition) is 0. The summed E-state index contributed by atoms with van der Waals surface area (Å²) in [5, 5.41) is 11.5. The number of rotatable bonds is 2. The normalized spacial score (nSPS) is 12.1. The maximum absolute atomic E-state index is 11.5. The lowest BCUT2D eigenvalue weighted by molar-refractivity contribution is 0.623. The van der Waals surface area contributed by atoms with E-state index in [2.05, 4.69) is 0 Å². The summed E-state index contributed by atoms with van der Waals surface area (Å²) < 4.78 is 22.4. The van der Waals surface area contributed by atoms with Gasteiger partial charge in [0, 0.05) is 5.92 Å². The molecular formula is C14H14NO3S-. The monoisotopic (exact) mass is 276 g/mol. The first-order valence-corrected chi connectivity index (χ1v) is 6.96. The summed E-state index contributed by atoms with van der Waals surface area (Å²) in [4.78, 5) is 0. The Labute approximate surface area is 113 Å². The van der Waals surface area contributed by atoms with E-state index in [1.807, 2.05) is 37.3 Å². The third-order valence-electron chi connectivity index (χ3n) is 3.27. The lowest BCUT2D eigenvalue weighted by Crippen LogP contribution is -2.04. The van der Waals surface area contributed by atoms with Crippen molar-refractivity contribution in [3.63, 3.8) is 0 Å². The molecule has 0 saturated heterocycles. The van der Waals surface area contributed by atoms with Gasteiger partial charge in [-0.2, -0.15) is 8.42 Å². The van der Waals surface area contributed by atoms with Crippen molar-refractivity contribution in [1.82, 2.24) is 4.73 Å². The van der Waals surface area contributed by atoms with Gasteiger partial charge in [-0.3, -0.25) is 0 Å². The topological polar surface area (TPSA) is 62.1 Å². The van der Waals surface area contributed by atoms with E-state index in [1.165, 1.54) is 6.20 Å². The van der Waals surface area contributed by atoms with Gasteiger partial charge in [-0.25, -0.2) is 0 Å². The van der Waals surface area contributed by atoms with Gasteiger partial charge in [0.1, 0.15) is 0 Å². The Kier molecular flexibility index (Phi) is 3.76. The molecule has 1 aromatic carbocycles. The van der Waals surface area contributed by atoms with E-state index in [-0.39, 0.29) is 10.6 Å². The summed E-state index contributed by atoms with van der Waals surface area (Å²) >= 11 is 0. The standard InChI is InChI=1S/C14H14NO3S/c1-10(12-6-4-3-5-7-12)13-8-9-15(16)14(11(13)2)19(17)18/h3-10H,1-2H3/q-1. The number of benzene rings is 1. The highest BCUT2D eigenvalue weighted by molar-refractivity contribution is 7.63. The van der Waals surface area contributed by atoms with Gasteiger partial charge in [-0.05, 0) is 35.9 Å². The molecule has 0 aliphatic heterocycles. The van der Waals surface area contributed by atoms with Crippen molar-refractivity contribution >= 4 is 10.3 Å². The number of pyridine rings is 1. The molecular weight excluding hydrogens is 262 g/mol. The van der Waals surface area contributed by atoms with E-state index in [1.54, 1.807) is 13.0 Å². The minimum Gasteiger partial charge on any atom is -0.805 e. The van der Waals surface area contributed by atoms with Crippen LogP contribution in [0.1, 0.15) is 29.5 Å². The van der Waals surface area contributed by atoms with Crippen LogP contribution < -0.4 is 0 Å². The minimum absolute atomic E-state index is 0.0321. The van der Waals surface area contributed by atoms with Gasteiger partial charge in [-0.1, -0.05) is 37.3 Å². The summed E-state index contributed by atoms with van der Waals surface area (Å²) in [6, 6.07) is 11.4. The predicted molar refractivity (Wildman–Crippen MR) is 74.1 cm³/mol. The molecule has 1 aromatic heterocycles. The lowest BCUT2D eigenvalue weighted by Gasteiger charge is -2.19. The zero-order valence-corrected chi connectivity index (χ0v) is 11.5. The Balaban J connectivity index is 2.67. The first-order chi connectivity index (χ1) is 9.02. The zero-order chi connectivity index (χ0) is 14.0. The largest absolute Gasteiger partial charge is 0.805 e. The van der Waals surface area contributed by atoms with E-state index in [4.69, 9.17) is 0 Å². The van der Waals surface area contributed by atoms with Crippen LogP contribution in [0.25, 0.3) is 0 Å². The fraction of sp³-hybridized carbons (Fsp3) is 0.214. The Morgan fingerprint density at radius 3 is 2.37 bits per heavy atom. The van der Waals surface area contributed by atoms with Crippen molar-refractivity contribution in [2.45, 2.75) is 19.8 Å². The second-order valence-corrected chi connectivity index (χ2v) is 5.25. The fourth-order valence-corrected chi connectivity index (χ4v) is 2.79. The van der Waals surface area contributed by atoms with Crippen LogP contribution in [0, 0.1) is 16.8 Å². The molecule has 100 valence electrons. The molecule has 19 heavy (non-hydrogen) atoms. The van der Waals surface area contributed by atoms with Gasteiger partial charge >= 0.3 is 0 Å². The number of hydrogen-bond acceptors (Lipinski definition) is 3. The highest BCUT2D eigenvalue weighted by Gasteiger charge is 2.12. The molecule has 0 amide bonds. The second-order valence-electron chi connectivity index (χ2n) is 4.39. The maximum atomic E-state index is 11.5. The molecule has 2 rings (SSSR count). The van der Waals surface area contributed by atoms with Crippen LogP contribution in [-0.2, 0) is 10.3 Å². The number of aromatic nitrogens is 1. The highest BCUT2D eigenvalue weighted by Crippen LogP contribution is 2.26. The average molecular weight is 276 g/mol. The Morgan fingerprint density at radius 1 is 1.16 bits per heavy atom. The minimum atomic E-state index is -2.53. The van der Waals surface area contributed by atoms with Crippen molar-refractivity contribution in [2.24, 2.45) is 0 Å². The first-order valence-electron chi connectivity index (χ1n) is 5.89. The van der Waals surface area contributed by atoms with Crippen molar-refractivity contribution in [3.05, 3.63) is 69.1 Å². The summed E-state index contributed by atoms with van der Waals surface area (Å²) in [5.41, 5.74) is 2.43. The van der Waals surface area contributed by atoms with Crippen LogP contribution in [0.5, 0.6) is 0 Å². The van der Waals surface area contributed by atoms with Crippen LogP contribution in [0.3, 0.4) is 0 Å². The second kappa shape index (κ2) is 5.32. The van der Waals surface area contributed by atoms with Gasteiger partial charge in [0.15, 0.2) is 4.64 Å². The molecule has 0 spiro atoms. The molecule has 0 radical (unpaired) electrons. The molecule has 1 atom stereocenters. The van der Waals surface area contributed by atoms with Crippen molar-refractivity contribution < 1.29 is 8.42 Å². The van der Waals surface area contributed by atoms with E-state index < -0.39 is 10.3 Å². The Morgan fingerprint density at radius 2 is 1.79 bits per heavy atom. The summed E-state index contributed by atoms with van der Waals surface area (Å²) in [7, 11) is -2.53. The first kappa shape index (κ1) is 13.4. The van der Waals surface area contributed by atoms with Gasteiger partial charge in [0.05, 0.1) is 0 Å². The van der Waals surface area contributed by atoms with Crippen molar-refractivity contribution in [2.75, 3.05) is 0 Å². The van der Waals surface area contributed by atoms with E-state index in [9.17, 15) is 13.6 Å². The summed E-state index contributed by atoms with van der Waals surface area (Å²) in [6.07, 6.45) is 1.24. The zero-order valence-electron chi connectivity index (χ0n) is 10.7. The van der Waals surface area contributed by atoms with Crippen molar-refractivity contribution in [1.29, 1.82) is 0 Å². The molecule has 0 fully saturated rings. The molecule has 0 N–H and O–H groups in total. The Hall–Kier alpha value is -2.01. The molecule has 2 aromatic rings. The molecule has 1 unspecified atom stereocenters. The van der Waals surface area contributed by atoms with Crippen LogP contribution in [0.2, 0.25) is 0 Å². The molecule has 0 aliphatic carbocycles. The van der Waals surface area contributed by atoms with Gasteiger partial charge in [0.25, 0.3) is 0 Å². The SMILES string of the molecule is Cc1c(C(C)c2ccccc2)ccn([O-])c1=S(=O)=O. The average Bonchev–Trinajstić information content (AvgIpc) is 2.39. The smallest absolute Gasteiger partial charge is 0.238 e. The lowest BCUT2D eigenvalue weighted by atomic mass is 9.91. The van der Waals surface area contributed by atoms with E-state index >= 15 is 0 Å². The third kappa shape index (κ3) is 2.56. The van der Waals surface area contributed by atoms with Crippen LogP contribution in [0.4, 0.5) is 0 Å². The highest BCUT2D eigenvalue weighted by atomic mass is 32.2. The van der Waals surface area contributed by atoms with Gasteiger partial charge < -0.3 is 9.94 Å². The third-order valence-corrected chi connectivity index (χ3v) is 4.07. The Bertz CT molecular complexity index is 753.